The molecular formula is C32H43F3N4O5. The number of aromatic nitrogens is 1. The minimum atomic E-state index is -5.20. The first-order chi connectivity index (χ1) is 20.7. The lowest BCUT2D eigenvalue weighted by Gasteiger charge is -2.44. The van der Waals surface area contributed by atoms with Crippen molar-refractivity contribution in [2.45, 2.75) is 57.7 Å². The molecule has 2 aliphatic heterocycles. The lowest BCUT2D eigenvalue weighted by atomic mass is 9.71. The number of ether oxygens (including phenoxy) is 2. The van der Waals surface area contributed by atoms with Gasteiger partial charge in [0.25, 0.3) is 17.4 Å². The molecule has 2 aliphatic rings. The van der Waals surface area contributed by atoms with E-state index in [2.05, 4.69) is 16.8 Å². The van der Waals surface area contributed by atoms with E-state index in [0.29, 0.717) is 18.4 Å². The fourth-order valence-corrected chi connectivity index (χ4v) is 6.30. The van der Waals surface area contributed by atoms with Crippen LogP contribution in [-0.2, 0) is 10.4 Å². The largest absolute Gasteiger partial charge is 0.494 e. The molecular weight excluding hydrogens is 577 g/mol. The quantitative estimate of drug-likeness (QED) is 0.427. The van der Waals surface area contributed by atoms with E-state index in [4.69, 9.17) is 9.47 Å². The third-order valence-electron chi connectivity index (χ3n) is 8.94. The molecule has 1 N–H and O–H groups in total. The van der Waals surface area contributed by atoms with Gasteiger partial charge in [-0.15, -0.1) is 0 Å². The number of amides is 2. The molecule has 0 aliphatic carbocycles. The molecule has 1 atom stereocenters. The van der Waals surface area contributed by atoms with Crippen LogP contribution in [0.1, 0.15) is 61.9 Å². The zero-order valence-electron chi connectivity index (χ0n) is 26.1. The van der Waals surface area contributed by atoms with Gasteiger partial charge in [0, 0.05) is 45.8 Å². The predicted molar refractivity (Wildman–Crippen MR) is 160 cm³/mol. The van der Waals surface area contributed by atoms with Gasteiger partial charge in [-0.05, 0) is 74.6 Å². The van der Waals surface area contributed by atoms with Crippen molar-refractivity contribution in [2.75, 3.05) is 58.9 Å². The number of halogens is 3. The van der Waals surface area contributed by atoms with Crippen LogP contribution >= 0.6 is 0 Å². The summed E-state index contributed by atoms with van der Waals surface area (Å²) in [6, 6.07) is 8.60. The Morgan fingerprint density at radius 2 is 1.75 bits per heavy atom. The van der Waals surface area contributed by atoms with Gasteiger partial charge in [-0.2, -0.15) is 18.2 Å². The van der Waals surface area contributed by atoms with Crippen LogP contribution in [0.15, 0.2) is 36.4 Å². The first-order valence-corrected chi connectivity index (χ1v) is 15.1. The minimum absolute atomic E-state index is 0.0324. The fourth-order valence-electron chi connectivity index (χ4n) is 6.30. The molecule has 242 valence electrons. The molecule has 4 rings (SSSR count). The molecule has 2 fully saturated rings. The lowest BCUT2D eigenvalue weighted by molar-refractivity contribution is -0.262. The number of rotatable bonds is 9. The number of methoxy groups -OCH3 is 1. The highest BCUT2D eigenvalue weighted by atomic mass is 19.4. The van der Waals surface area contributed by atoms with Gasteiger partial charge in [0.2, 0.25) is 5.88 Å². The third-order valence-corrected chi connectivity index (χ3v) is 8.94. The van der Waals surface area contributed by atoms with Crippen LogP contribution in [0.4, 0.5) is 19.0 Å². The molecule has 0 radical (unpaired) electrons. The van der Waals surface area contributed by atoms with E-state index in [-0.39, 0.29) is 48.6 Å². The van der Waals surface area contributed by atoms with Gasteiger partial charge >= 0.3 is 6.18 Å². The number of nitrogens with zero attached hydrogens (tertiary/aromatic N) is 4. The van der Waals surface area contributed by atoms with Crippen molar-refractivity contribution in [1.82, 2.24) is 14.8 Å². The van der Waals surface area contributed by atoms with Gasteiger partial charge < -0.3 is 29.3 Å². The molecule has 1 aromatic carbocycles. The van der Waals surface area contributed by atoms with Crippen molar-refractivity contribution in [3.8, 4) is 11.6 Å². The van der Waals surface area contributed by atoms with Gasteiger partial charge in [0.05, 0.1) is 13.7 Å². The second-order valence-corrected chi connectivity index (χ2v) is 12.3. The Morgan fingerprint density at radius 3 is 2.32 bits per heavy atom. The summed E-state index contributed by atoms with van der Waals surface area (Å²) in [4.78, 5) is 35.1. The summed E-state index contributed by atoms with van der Waals surface area (Å²) in [5.41, 5.74) is -3.76. The second kappa shape index (κ2) is 13.2. The first-order valence-electron chi connectivity index (χ1n) is 15.1. The van der Waals surface area contributed by atoms with Gasteiger partial charge in [-0.3, -0.25) is 9.59 Å². The third kappa shape index (κ3) is 6.90. The van der Waals surface area contributed by atoms with Crippen LogP contribution in [0.25, 0.3) is 0 Å². The predicted octanol–water partition coefficient (Wildman–Crippen LogP) is 4.88. The molecule has 0 bridgehead atoms. The van der Waals surface area contributed by atoms with Gasteiger partial charge in [-0.1, -0.05) is 19.1 Å². The average molecular weight is 621 g/mol. The number of likely N-dealkylation sites (tertiary alicyclic amines) is 1. The summed E-state index contributed by atoms with van der Waals surface area (Å²) in [7, 11) is 4.84. The molecule has 2 amide bonds. The molecule has 2 aromatic rings. The first kappa shape index (κ1) is 33.4. The van der Waals surface area contributed by atoms with Crippen LogP contribution < -0.4 is 14.4 Å². The van der Waals surface area contributed by atoms with E-state index in [1.807, 2.05) is 6.07 Å². The number of benzene rings is 1. The summed E-state index contributed by atoms with van der Waals surface area (Å²) >= 11 is 0. The molecule has 0 spiro atoms. The fraction of sp³-hybridized carbons (Fsp3) is 0.594. The zero-order chi connectivity index (χ0) is 32.3. The molecule has 2 saturated heterocycles. The van der Waals surface area contributed by atoms with Crippen LogP contribution in [0.5, 0.6) is 11.6 Å². The van der Waals surface area contributed by atoms with Crippen molar-refractivity contribution in [2.24, 2.45) is 11.3 Å². The Hall–Kier alpha value is -3.54. The van der Waals surface area contributed by atoms with Crippen LogP contribution in [0.3, 0.4) is 0 Å². The van der Waals surface area contributed by atoms with Crippen molar-refractivity contribution in [1.29, 1.82) is 0 Å². The Balaban J connectivity index is 1.36. The van der Waals surface area contributed by atoms with Gasteiger partial charge in [-0.25, -0.2) is 0 Å². The summed E-state index contributed by atoms with van der Waals surface area (Å²) in [5, 5.41) is 10.9. The summed E-state index contributed by atoms with van der Waals surface area (Å²) in [5.74, 6) is -0.0861. The molecule has 1 unspecified atom stereocenters. The Morgan fingerprint density at radius 1 is 1.09 bits per heavy atom. The highest BCUT2D eigenvalue weighted by Crippen LogP contribution is 2.44. The maximum Gasteiger partial charge on any atom is 0.430 e. The van der Waals surface area contributed by atoms with E-state index in [1.54, 1.807) is 27.1 Å². The number of anilines is 1. The number of hydrogen-bond acceptors (Lipinski definition) is 7. The monoisotopic (exact) mass is 620 g/mol. The lowest BCUT2D eigenvalue weighted by Crippen LogP contribution is -2.57. The van der Waals surface area contributed by atoms with Gasteiger partial charge in [0.1, 0.15) is 17.1 Å². The number of carbonyl (C=O) groups is 2. The molecule has 12 heteroatoms. The second-order valence-electron chi connectivity index (χ2n) is 12.3. The Labute approximate surface area is 256 Å². The molecule has 3 heterocycles. The molecule has 9 nitrogen and oxygen atoms in total. The van der Waals surface area contributed by atoms with E-state index in [9.17, 15) is 27.9 Å². The highest BCUT2D eigenvalue weighted by molar-refractivity contribution is 5.96. The van der Waals surface area contributed by atoms with Crippen LogP contribution in [0, 0.1) is 11.3 Å². The van der Waals surface area contributed by atoms with E-state index in [0.717, 1.165) is 55.2 Å². The average Bonchev–Trinajstić information content (AvgIpc) is 3.00. The summed E-state index contributed by atoms with van der Waals surface area (Å²) in [6.07, 6.45) is -1.36. The maximum absolute atomic E-state index is 14.3. The number of hydrogen-bond donors (Lipinski definition) is 1. The number of aliphatic hydroxyl groups is 1. The number of carbonyl (C=O) groups excluding carboxylic acids is 2. The zero-order valence-corrected chi connectivity index (χ0v) is 26.1. The van der Waals surface area contributed by atoms with E-state index < -0.39 is 23.2 Å². The van der Waals surface area contributed by atoms with Crippen molar-refractivity contribution >= 4 is 17.6 Å². The number of pyridine rings is 1. The molecule has 0 saturated carbocycles. The smallest absolute Gasteiger partial charge is 0.430 e. The topological polar surface area (TPSA) is 95.4 Å². The van der Waals surface area contributed by atoms with Crippen molar-refractivity contribution < 1.29 is 37.3 Å². The molecule has 44 heavy (non-hydrogen) atoms. The minimum Gasteiger partial charge on any atom is -0.494 e. The van der Waals surface area contributed by atoms with Gasteiger partial charge in [0.15, 0.2) is 0 Å². The Bertz CT molecular complexity index is 1320. The normalized spacial score (nSPS) is 18.8. The highest BCUT2D eigenvalue weighted by Gasteiger charge is 2.62. The molecule has 1 aromatic heterocycles. The summed E-state index contributed by atoms with van der Waals surface area (Å²) in [6.45, 7) is 6.01. The maximum atomic E-state index is 14.3. The van der Waals surface area contributed by atoms with Crippen molar-refractivity contribution in [3.05, 3.63) is 47.5 Å². The van der Waals surface area contributed by atoms with E-state index in [1.165, 1.54) is 24.1 Å². The summed E-state index contributed by atoms with van der Waals surface area (Å²) < 4.78 is 53.5. The van der Waals surface area contributed by atoms with Crippen LogP contribution in [0.2, 0.25) is 0 Å². The Kier molecular flexibility index (Phi) is 10.0. The SMILES string of the molecule is CCOc1cccc(C(O)(C(=O)N2CCC(CC3(C)CCN(c4ccc(C(=O)N(C)C)c(OC)n4)CC3)CC2)C(F)(F)F)c1. The van der Waals surface area contributed by atoms with E-state index >= 15 is 0 Å². The number of alkyl halides is 3. The standard InChI is InChI=1S/C32H43F3N4O5/c1-6-44-24-9-7-8-23(20-24)31(42,32(33,34)35)29(41)39-16-12-22(13-17-39)21-30(2)14-18-38(19-15-30)26-11-10-25(27(36-26)43-5)28(40)37(3)4/h7-11,20,22,42H,6,12-19,21H2,1-5H3. The van der Waals surface area contributed by atoms with Crippen LogP contribution in [-0.4, -0.2) is 91.9 Å². The van der Waals surface area contributed by atoms with Crippen molar-refractivity contribution in [3.63, 3.8) is 0 Å². The number of piperidine rings is 2.